The van der Waals surface area contributed by atoms with Gasteiger partial charge in [-0.1, -0.05) is 0 Å². The van der Waals surface area contributed by atoms with Gasteiger partial charge < -0.3 is 24.8 Å². The number of quaternary nitrogens is 1. The molecule has 150 valence electrons. The van der Waals surface area contributed by atoms with Crippen molar-refractivity contribution in [3.8, 4) is 11.5 Å². The van der Waals surface area contributed by atoms with Crippen LogP contribution in [0.5, 0.6) is 11.5 Å². The minimum Gasteiger partial charge on any atom is -0.497 e. The molecule has 0 saturated carbocycles. The lowest BCUT2D eigenvalue weighted by molar-refractivity contribution is -0.665. The minimum absolute atomic E-state index is 0.0548. The Bertz CT molecular complexity index is 807. The largest absolute Gasteiger partial charge is 0.497 e. The number of benzene rings is 1. The molecule has 1 saturated heterocycles. The smallest absolute Gasteiger partial charge is 0.427 e. The second kappa shape index (κ2) is 7.89. The molecule has 1 fully saturated rings. The number of aliphatic imine (C=N–C) groups is 1. The summed E-state index contributed by atoms with van der Waals surface area (Å²) in [4.78, 5) is 29.6. The molecular formula is C19H25N4O5+. The fourth-order valence-electron chi connectivity index (χ4n) is 3.25. The van der Waals surface area contributed by atoms with Crippen molar-refractivity contribution in [3.63, 3.8) is 0 Å². The monoisotopic (exact) mass is 389 g/mol. The molecule has 2 aliphatic rings. The van der Waals surface area contributed by atoms with E-state index in [9.17, 15) is 9.59 Å². The van der Waals surface area contributed by atoms with Gasteiger partial charge in [-0.25, -0.2) is 9.59 Å². The third-order valence-electron chi connectivity index (χ3n) is 5.01. The molecular weight excluding hydrogens is 364 g/mol. The van der Waals surface area contributed by atoms with E-state index in [2.05, 4.69) is 10.3 Å². The summed E-state index contributed by atoms with van der Waals surface area (Å²) in [6.07, 6.45) is 3.60. The fourth-order valence-corrected chi connectivity index (χ4v) is 3.25. The van der Waals surface area contributed by atoms with Gasteiger partial charge >= 0.3 is 12.1 Å². The first-order valence-corrected chi connectivity index (χ1v) is 9.01. The van der Waals surface area contributed by atoms with Crippen LogP contribution in [0.3, 0.4) is 0 Å². The van der Waals surface area contributed by atoms with Gasteiger partial charge in [0, 0.05) is 30.8 Å². The van der Waals surface area contributed by atoms with E-state index in [4.69, 9.17) is 14.6 Å². The molecule has 28 heavy (non-hydrogen) atoms. The lowest BCUT2D eigenvalue weighted by Gasteiger charge is -2.31. The number of nitrogens with zero attached hydrogens (tertiary/aromatic N) is 3. The Hall–Kier alpha value is -3.07. The maximum absolute atomic E-state index is 12.8. The van der Waals surface area contributed by atoms with Crippen molar-refractivity contribution in [2.24, 2.45) is 4.99 Å². The minimum atomic E-state index is -0.920. The van der Waals surface area contributed by atoms with E-state index < -0.39 is 6.09 Å². The summed E-state index contributed by atoms with van der Waals surface area (Å²) in [5, 5.41) is 12.0. The molecule has 2 N–H and O–H groups in total. The highest BCUT2D eigenvalue weighted by Gasteiger charge is 2.36. The van der Waals surface area contributed by atoms with Crippen LogP contribution in [-0.2, 0) is 0 Å². The van der Waals surface area contributed by atoms with Crippen LogP contribution in [0.4, 0.5) is 9.59 Å². The van der Waals surface area contributed by atoms with Gasteiger partial charge in [-0.2, -0.15) is 9.48 Å². The number of carbonyl (C=O) groups is 2. The van der Waals surface area contributed by atoms with Crippen LogP contribution in [0.15, 0.2) is 29.4 Å². The van der Waals surface area contributed by atoms with E-state index in [1.807, 2.05) is 12.1 Å². The number of amides is 3. The predicted molar refractivity (Wildman–Crippen MR) is 103 cm³/mol. The Morgan fingerprint density at radius 2 is 1.79 bits per heavy atom. The van der Waals surface area contributed by atoms with Gasteiger partial charge in [0.05, 0.1) is 21.3 Å². The number of hydrogen-bond donors (Lipinski definition) is 2. The Morgan fingerprint density at radius 1 is 1.18 bits per heavy atom. The van der Waals surface area contributed by atoms with Gasteiger partial charge in [0.15, 0.2) is 0 Å². The molecule has 1 atom stereocenters. The van der Waals surface area contributed by atoms with Gasteiger partial charge in [0.25, 0.3) is 0 Å². The number of carboxylic acid groups (broad SMARTS) is 1. The number of methoxy groups -OCH3 is 2. The van der Waals surface area contributed by atoms with Crippen molar-refractivity contribution < 1.29 is 28.7 Å². The fraction of sp³-hybridized carbons (Fsp3) is 0.421. The number of rotatable bonds is 4. The average Bonchev–Trinajstić information content (AvgIpc) is 3.11. The van der Waals surface area contributed by atoms with Crippen molar-refractivity contribution in [2.45, 2.75) is 18.9 Å². The van der Waals surface area contributed by atoms with Crippen LogP contribution in [-0.4, -0.2) is 73.4 Å². The number of hydrogen-bond acceptors (Lipinski definition) is 5. The summed E-state index contributed by atoms with van der Waals surface area (Å²) in [6, 6.07) is 5.18. The number of likely N-dealkylation sites (tertiary alicyclic amines) is 1. The summed E-state index contributed by atoms with van der Waals surface area (Å²) in [5.41, 5.74) is 1.44. The highest BCUT2D eigenvalue weighted by atomic mass is 16.5. The van der Waals surface area contributed by atoms with Crippen molar-refractivity contribution in [3.05, 3.63) is 30.0 Å². The molecule has 0 bridgehead atoms. The number of piperidine rings is 1. The van der Waals surface area contributed by atoms with E-state index >= 15 is 0 Å². The van der Waals surface area contributed by atoms with Crippen LogP contribution in [0.1, 0.15) is 18.4 Å². The quantitative estimate of drug-likeness (QED) is 0.770. The molecule has 1 aromatic carbocycles. The van der Waals surface area contributed by atoms with E-state index in [0.717, 1.165) is 5.56 Å². The number of carbonyl (C=O) groups excluding carboxylic acids is 1. The second-order valence-corrected chi connectivity index (χ2v) is 7.00. The summed E-state index contributed by atoms with van der Waals surface area (Å²) in [5.74, 6) is 1.28. The predicted octanol–water partition coefficient (Wildman–Crippen LogP) is 2.34. The van der Waals surface area contributed by atoms with Crippen molar-refractivity contribution in [2.75, 3.05) is 34.4 Å². The molecule has 2 aliphatic heterocycles. The Labute approximate surface area is 163 Å². The van der Waals surface area contributed by atoms with Crippen molar-refractivity contribution in [1.29, 1.82) is 0 Å². The third kappa shape index (κ3) is 4.09. The van der Waals surface area contributed by atoms with E-state index in [1.165, 1.54) is 4.90 Å². The molecule has 0 aromatic heterocycles. The molecule has 9 nitrogen and oxygen atoms in total. The van der Waals surface area contributed by atoms with Gasteiger partial charge in [-0.05, 0) is 25.0 Å². The lowest BCUT2D eigenvalue weighted by atomic mass is 10.1. The van der Waals surface area contributed by atoms with Crippen LogP contribution < -0.4 is 14.8 Å². The Kier molecular flexibility index (Phi) is 5.55. The molecule has 2 heterocycles. The Balaban J connectivity index is 1.70. The first kappa shape index (κ1) is 19.7. The maximum atomic E-state index is 12.8. The summed E-state index contributed by atoms with van der Waals surface area (Å²) in [6.45, 7) is 0.839. The first-order chi connectivity index (χ1) is 13.3. The summed E-state index contributed by atoms with van der Waals surface area (Å²) in [7, 11) is 4.90. The zero-order valence-corrected chi connectivity index (χ0v) is 16.2. The van der Waals surface area contributed by atoms with Gasteiger partial charge in [0.2, 0.25) is 6.34 Å². The topological polar surface area (TPSA) is 100 Å². The number of ether oxygens (including phenoxy) is 2. The molecule has 0 spiro atoms. The average molecular weight is 389 g/mol. The molecule has 0 aliphatic carbocycles. The second-order valence-electron chi connectivity index (χ2n) is 7.00. The molecule has 9 heteroatoms. The first-order valence-electron chi connectivity index (χ1n) is 9.01. The number of nitrogens with one attached hydrogen (secondary N) is 1. The molecule has 1 aromatic rings. The van der Waals surface area contributed by atoms with Crippen LogP contribution >= 0.6 is 0 Å². The highest BCUT2D eigenvalue weighted by Crippen LogP contribution is 2.31. The van der Waals surface area contributed by atoms with E-state index in [0.29, 0.717) is 43.1 Å². The standard InChI is InChI=1S/C19H24N4O5/c1-23(18(24)21-14-4-6-22(7-5-14)19(25)26)11-17(20-12-23)13-8-15(27-2)10-16(9-13)28-3/h8-12,14H,4-7H2,1-3H3,(H-,21,24,25,26)/p+1. The van der Waals surface area contributed by atoms with E-state index in [1.54, 1.807) is 39.9 Å². The zero-order valence-electron chi connectivity index (χ0n) is 16.2. The van der Waals surface area contributed by atoms with Crippen LogP contribution in [0, 0.1) is 0 Å². The summed E-state index contributed by atoms with van der Waals surface area (Å²) < 4.78 is 10.5. The van der Waals surface area contributed by atoms with Crippen LogP contribution in [0.25, 0.3) is 5.70 Å². The SMILES string of the molecule is COc1cc(OC)cc(C2=C[N+](C)(C(=O)NC3CCN(C(=O)O)CC3)C=N2)c1. The highest BCUT2D eigenvalue weighted by molar-refractivity contribution is 5.85. The molecule has 1 unspecified atom stereocenters. The van der Waals surface area contributed by atoms with Gasteiger partial charge in [0.1, 0.15) is 23.4 Å². The Morgan fingerprint density at radius 3 is 2.32 bits per heavy atom. The van der Waals surface area contributed by atoms with Gasteiger partial charge in [-0.3, -0.25) is 0 Å². The van der Waals surface area contributed by atoms with Crippen molar-refractivity contribution >= 4 is 24.2 Å². The van der Waals surface area contributed by atoms with Crippen LogP contribution in [0.2, 0.25) is 0 Å². The zero-order chi connectivity index (χ0) is 20.3. The molecule has 3 amide bonds. The molecule has 3 rings (SSSR count). The number of urea groups is 1. The van der Waals surface area contributed by atoms with Crippen molar-refractivity contribution in [1.82, 2.24) is 10.2 Å². The summed E-state index contributed by atoms with van der Waals surface area (Å²) >= 11 is 0. The van der Waals surface area contributed by atoms with Gasteiger partial charge in [-0.15, -0.1) is 0 Å². The lowest BCUT2D eigenvalue weighted by Crippen LogP contribution is -2.54. The third-order valence-corrected chi connectivity index (χ3v) is 5.01. The van der Waals surface area contributed by atoms with E-state index in [-0.39, 0.29) is 16.6 Å². The maximum Gasteiger partial charge on any atom is 0.427 e. The normalized spacial score (nSPS) is 22.0. The molecule has 0 radical (unpaired) electrons.